The highest BCUT2D eigenvalue weighted by atomic mass is 14.7. The summed E-state index contributed by atoms with van der Waals surface area (Å²) in [6, 6.07) is 8.46. The maximum atomic E-state index is 6.47. The summed E-state index contributed by atoms with van der Waals surface area (Å²) in [7, 11) is 0. The summed E-state index contributed by atoms with van der Waals surface area (Å²) in [6.07, 6.45) is 3.56. The maximum absolute atomic E-state index is 6.47. The van der Waals surface area contributed by atoms with Crippen molar-refractivity contribution in [3.8, 4) is 0 Å². The zero-order valence-electron chi connectivity index (χ0n) is 11.1. The molecule has 0 heterocycles. The lowest BCUT2D eigenvalue weighted by atomic mass is 9.81. The van der Waals surface area contributed by atoms with Gasteiger partial charge in [0.05, 0.1) is 0 Å². The molecule has 2 atom stereocenters. The molecule has 90 valence electrons. The Balaban J connectivity index is 2.81. The fraction of sp³-hybridized carbons (Fsp3) is 0.600. The first-order valence-corrected chi connectivity index (χ1v) is 6.32. The van der Waals surface area contributed by atoms with E-state index in [4.69, 9.17) is 5.73 Å². The molecule has 1 aromatic carbocycles. The lowest BCUT2D eigenvalue weighted by Gasteiger charge is -2.30. The third-order valence-electron chi connectivity index (χ3n) is 3.31. The van der Waals surface area contributed by atoms with Gasteiger partial charge in [-0.15, -0.1) is 0 Å². The summed E-state index contributed by atoms with van der Waals surface area (Å²) in [6.45, 7) is 8.83. The fourth-order valence-corrected chi connectivity index (χ4v) is 2.64. The molecule has 2 unspecified atom stereocenters. The van der Waals surface area contributed by atoms with Crippen LogP contribution in [0.1, 0.15) is 51.2 Å². The van der Waals surface area contributed by atoms with E-state index in [1.54, 1.807) is 0 Å². The number of rotatable bonds is 5. The van der Waals surface area contributed by atoms with Crippen LogP contribution >= 0.6 is 0 Å². The minimum Gasteiger partial charge on any atom is -0.322 e. The number of hydrogen-bond acceptors (Lipinski definition) is 1. The van der Waals surface area contributed by atoms with Crippen molar-refractivity contribution < 1.29 is 0 Å². The SMILES string of the molecule is CCCC(C)CC(C)(N)c1ccccc1C. The van der Waals surface area contributed by atoms with E-state index in [2.05, 4.69) is 52.0 Å². The molecule has 0 aliphatic heterocycles. The highest BCUT2D eigenvalue weighted by Gasteiger charge is 2.24. The zero-order chi connectivity index (χ0) is 12.2. The molecule has 0 aliphatic rings. The Kier molecular flexibility index (Phi) is 4.55. The molecular formula is C15H25N. The summed E-state index contributed by atoms with van der Waals surface area (Å²) in [5.74, 6) is 0.694. The first kappa shape index (κ1) is 13.2. The van der Waals surface area contributed by atoms with Gasteiger partial charge in [-0.3, -0.25) is 0 Å². The van der Waals surface area contributed by atoms with Crippen LogP contribution < -0.4 is 5.73 Å². The first-order valence-electron chi connectivity index (χ1n) is 6.32. The zero-order valence-corrected chi connectivity index (χ0v) is 11.1. The largest absolute Gasteiger partial charge is 0.322 e. The van der Waals surface area contributed by atoms with Crippen molar-refractivity contribution in [2.24, 2.45) is 11.7 Å². The van der Waals surface area contributed by atoms with Gasteiger partial charge >= 0.3 is 0 Å². The number of nitrogens with two attached hydrogens (primary N) is 1. The van der Waals surface area contributed by atoms with Crippen LogP contribution in [0, 0.1) is 12.8 Å². The predicted molar refractivity (Wildman–Crippen MR) is 71.4 cm³/mol. The van der Waals surface area contributed by atoms with Crippen molar-refractivity contribution in [3.63, 3.8) is 0 Å². The lowest BCUT2D eigenvalue weighted by Crippen LogP contribution is -2.35. The molecule has 0 spiro atoms. The minimum absolute atomic E-state index is 0.195. The molecule has 0 aromatic heterocycles. The third kappa shape index (κ3) is 3.34. The van der Waals surface area contributed by atoms with E-state index < -0.39 is 0 Å². The average molecular weight is 219 g/mol. The van der Waals surface area contributed by atoms with Gasteiger partial charge in [0, 0.05) is 5.54 Å². The number of hydrogen-bond donors (Lipinski definition) is 1. The minimum atomic E-state index is -0.195. The van der Waals surface area contributed by atoms with Gasteiger partial charge in [-0.1, -0.05) is 51.0 Å². The lowest BCUT2D eigenvalue weighted by molar-refractivity contribution is 0.345. The van der Waals surface area contributed by atoms with Crippen molar-refractivity contribution in [3.05, 3.63) is 35.4 Å². The summed E-state index contributed by atoms with van der Waals surface area (Å²) >= 11 is 0. The molecule has 0 fully saturated rings. The van der Waals surface area contributed by atoms with Crippen LogP contribution in [0.25, 0.3) is 0 Å². The van der Waals surface area contributed by atoms with Crippen LogP contribution in [-0.2, 0) is 5.54 Å². The topological polar surface area (TPSA) is 26.0 Å². The van der Waals surface area contributed by atoms with Gasteiger partial charge in [-0.05, 0) is 37.3 Å². The van der Waals surface area contributed by atoms with Gasteiger partial charge in [0.25, 0.3) is 0 Å². The van der Waals surface area contributed by atoms with Crippen LogP contribution in [0.4, 0.5) is 0 Å². The van der Waals surface area contributed by atoms with Crippen LogP contribution in [-0.4, -0.2) is 0 Å². The average Bonchev–Trinajstić information content (AvgIpc) is 2.17. The Labute approximate surface area is 100 Å². The number of benzene rings is 1. The van der Waals surface area contributed by atoms with Crippen LogP contribution in [0.15, 0.2) is 24.3 Å². The maximum Gasteiger partial charge on any atom is 0.0386 e. The molecular weight excluding hydrogens is 194 g/mol. The molecule has 0 saturated heterocycles. The highest BCUT2D eigenvalue weighted by molar-refractivity contribution is 5.31. The molecule has 1 rings (SSSR count). The van der Waals surface area contributed by atoms with Crippen LogP contribution in [0.3, 0.4) is 0 Å². The van der Waals surface area contributed by atoms with Gasteiger partial charge in [0.2, 0.25) is 0 Å². The van der Waals surface area contributed by atoms with Gasteiger partial charge < -0.3 is 5.73 Å². The fourth-order valence-electron chi connectivity index (χ4n) is 2.64. The van der Waals surface area contributed by atoms with Gasteiger partial charge in [-0.25, -0.2) is 0 Å². The summed E-state index contributed by atoms with van der Waals surface area (Å²) < 4.78 is 0. The van der Waals surface area contributed by atoms with Crippen molar-refractivity contribution in [2.45, 2.75) is 52.5 Å². The van der Waals surface area contributed by atoms with Gasteiger partial charge in [0.1, 0.15) is 0 Å². The Hall–Kier alpha value is -0.820. The smallest absolute Gasteiger partial charge is 0.0386 e. The van der Waals surface area contributed by atoms with Crippen molar-refractivity contribution >= 4 is 0 Å². The summed E-state index contributed by atoms with van der Waals surface area (Å²) in [4.78, 5) is 0. The quantitative estimate of drug-likeness (QED) is 0.796. The summed E-state index contributed by atoms with van der Waals surface area (Å²) in [5.41, 5.74) is 8.87. The second-order valence-electron chi connectivity index (χ2n) is 5.33. The number of aryl methyl sites for hydroxylation is 1. The van der Waals surface area contributed by atoms with Crippen molar-refractivity contribution in [2.75, 3.05) is 0 Å². The molecule has 1 nitrogen and oxygen atoms in total. The monoisotopic (exact) mass is 219 g/mol. The van der Waals surface area contributed by atoms with Gasteiger partial charge in [-0.2, -0.15) is 0 Å². The van der Waals surface area contributed by atoms with E-state index in [9.17, 15) is 0 Å². The van der Waals surface area contributed by atoms with E-state index in [-0.39, 0.29) is 5.54 Å². The van der Waals surface area contributed by atoms with Crippen LogP contribution in [0.5, 0.6) is 0 Å². The molecule has 0 bridgehead atoms. The molecule has 0 saturated carbocycles. The molecule has 0 radical (unpaired) electrons. The van der Waals surface area contributed by atoms with Crippen LogP contribution in [0.2, 0.25) is 0 Å². The Morgan fingerprint density at radius 2 is 1.94 bits per heavy atom. The van der Waals surface area contributed by atoms with Gasteiger partial charge in [0.15, 0.2) is 0 Å². The second-order valence-corrected chi connectivity index (χ2v) is 5.33. The molecule has 1 heteroatoms. The van der Waals surface area contributed by atoms with E-state index in [1.807, 2.05) is 0 Å². The summed E-state index contributed by atoms with van der Waals surface area (Å²) in [5, 5.41) is 0. The Morgan fingerprint density at radius 1 is 1.31 bits per heavy atom. The third-order valence-corrected chi connectivity index (χ3v) is 3.31. The molecule has 2 N–H and O–H groups in total. The predicted octanol–water partition coefficient (Wildman–Crippen LogP) is 4.00. The first-order chi connectivity index (χ1) is 7.47. The van der Waals surface area contributed by atoms with Crippen molar-refractivity contribution in [1.82, 2.24) is 0 Å². The molecule has 1 aromatic rings. The normalized spacial score (nSPS) is 16.8. The Bertz CT molecular complexity index is 328. The highest BCUT2D eigenvalue weighted by Crippen LogP contribution is 2.29. The standard InChI is InChI=1S/C15H25N/c1-5-8-12(2)11-15(4,16)14-10-7-6-9-13(14)3/h6-7,9-10,12H,5,8,11,16H2,1-4H3. The Morgan fingerprint density at radius 3 is 2.50 bits per heavy atom. The molecule has 0 aliphatic carbocycles. The molecule has 0 amide bonds. The second kappa shape index (κ2) is 5.49. The van der Waals surface area contributed by atoms with E-state index >= 15 is 0 Å². The van der Waals surface area contributed by atoms with E-state index in [0.717, 1.165) is 6.42 Å². The molecule has 16 heavy (non-hydrogen) atoms. The van der Waals surface area contributed by atoms with E-state index in [1.165, 1.54) is 24.0 Å². The van der Waals surface area contributed by atoms with E-state index in [0.29, 0.717) is 5.92 Å². The van der Waals surface area contributed by atoms with Crippen molar-refractivity contribution in [1.29, 1.82) is 0 Å².